The molecular formula is C28H27NO4S. The van der Waals surface area contributed by atoms with E-state index in [2.05, 4.69) is 0 Å². The maximum absolute atomic E-state index is 13.6. The van der Waals surface area contributed by atoms with Crippen LogP contribution in [0.3, 0.4) is 0 Å². The minimum Gasteiger partial charge on any atom is -0.277 e. The molecule has 3 aromatic carbocycles. The van der Waals surface area contributed by atoms with Crippen molar-refractivity contribution in [3.63, 3.8) is 0 Å². The SMILES string of the molecule is CC1=C(CCOS(=O)(=O)c2ccc(C)cc2)C(=O)N(c2ccccc2C)/C1=C/c1ccccc1. The summed E-state index contributed by atoms with van der Waals surface area (Å²) in [5.74, 6) is -0.162. The van der Waals surface area contributed by atoms with Crippen molar-refractivity contribution in [3.8, 4) is 0 Å². The Balaban J connectivity index is 1.62. The summed E-state index contributed by atoms with van der Waals surface area (Å²) in [6.45, 7) is 5.63. The number of hydrogen-bond donors (Lipinski definition) is 0. The van der Waals surface area contributed by atoms with E-state index in [0.717, 1.165) is 33.6 Å². The molecule has 0 bridgehead atoms. The van der Waals surface area contributed by atoms with Crippen LogP contribution in [-0.4, -0.2) is 20.9 Å². The Bertz CT molecular complexity index is 1370. The summed E-state index contributed by atoms with van der Waals surface area (Å²) >= 11 is 0. The van der Waals surface area contributed by atoms with Crippen molar-refractivity contribution in [2.45, 2.75) is 32.1 Å². The minimum absolute atomic E-state index is 0.104. The minimum atomic E-state index is -3.90. The summed E-state index contributed by atoms with van der Waals surface area (Å²) in [6, 6.07) is 24.0. The zero-order valence-electron chi connectivity index (χ0n) is 19.5. The van der Waals surface area contributed by atoms with Crippen molar-refractivity contribution in [2.75, 3.05) is 11.5 Å². The van der Waals surface area contributed by atoms with Gasteiger partial charge in [-0.05, 0) is 61.7 Å². The molecule has 34 heavy (non-hydrogen) atoms. The van der Waals surface area contributed by atoms with Gasteiger partial charge in [0, 0.05) is 12.0 Å². The Kier molecular flexibility index (Phi) is 6.82. The van der Waals surface area contributed by atoms with Crippen LogP contribution in [0.4, 0.5) is 5.69 Å². The molecule has 1 aliphatic heterocycles. The van der Waals surface area contributed by atoms with Crippen LogP contribution < -0.4 is 4.90 Å². The van der Waals surface area contributed by atoms with Gasteiger partial charge in [0.1, 0.15) is 0 Å². The first-order chi connectivity index (χ1) is 16.3. The molecule has 0 atom stereocenters. The van der Waals surface area contributed by atoms with E-state index in [9.17, 15) is 13.2 Å². The average Bonchev–Trinajstić information content (AvgIpc) is 3.04. The number of para-hydroxylation sites is 1. The molecule has 0 aromatic heterocycles. The normalized spacial score (nSPS) is 15.4. The lowest BCUT2D eigenvalue weighted by Gasteiger charge is -2.22. The van der Waals surface area contributed by atoms with Crippen molar-refractivity contribution < 1.29 is 17.4 Å². The number of allylic oxidation sites excluding steroid dienone is 1. The summed E-state index contributed by atoms with van der Waals surface area (Å²) < 4.78 is 30.4. The number of hydrogen-bond acceptors (Lipinski definition) is 4. The van der Waals surface area contributed by atoms with Crippen LogP contribution in [0, 0.1) is 13.8 Å². The molecule has 0 radical (unpaired) electrons. The zero-order valence-corrected chi connectivity index (χ0v) is 20.3. The van der Waals surface area contributed by atoms with E-state index < -0.39 is 10.1 Å². The highest BCUT2D eigenvalue weighted by molar-refractivity contribution is 7.86. The van der Waals surface area contributed by atoms with Crippen LogP contribution in [0.15, 0.2) is 101 Å². The van der Waals surface area contributed by atoms with E-state index in [1.54, 1.807) is 17.0 Å². The molecular weight excluding hydrogens is 446 g/mol. The molecule has 0 aliphatic carbocycles. The number of carbonyl (C=O) groups is 1. The molecule has 1 heterocycles. The topological polar surface area (TPSA) is 63.7 Å². The van der Waals surface area contributed by atoms with Gasteiger partial charge >= 0.3 is 0 Å². The first-order valence-electron chi connectivity index (χ1n) is 11.1. The number of amides is 1. The number of nitrogens with zero attached hydrogens (tertiary/aromatic N) is 1. The Morgan fingerprint density at radius 3 is 2.18 bits per heavy atom. The van der Waals surface area contributed by atoms with Gasteiger partial charge in [0.2, 0.25) is 0 Å². The molecule has 1 aliphatic rings. The Hall–Kier alpha value is -3.48. The van der Waals surface area contributed by atoms with Crippen molar-refractivity contribution >= 4 is 27.8 Å². The third kappa shape index (κ3) is 4.88. The van der Waals surface area contributed by atoms with Gasteiger partial charge < -0.3 is 0 Å². The highest BCUT2D eigenvalue weighted by atomic mass is 32.2. The third-order valence-corrected chi connectivity index (χ3v) is 7.23. The highest BCUT2D eigenvalue weighted by Gasteiger charge is 2.34. The monoisotopic (exact) mass is 473 g/mol. The van der Waals surface area contributed by atoms with Gasteiger partial charge in [-0.3, -0.25) is 13.9 Å². The summed E-state index contributed by atoms with van der Waals surface area (Å²) in [7, 11) is -3.90. The Morgan fingerprint density at radius 2 is 1.50 bits per heavy atom. The fraction of sp³-hybridized carbons (Fsp3) is 0.179. The molecule has 5 nitrogen and oxygen atoms in total. The van der Waals surface area contributed by atoms with E-state index in [1.165, 1.54) is 12.1 Å². The molecule has 0 unspecified atom stereocenters. The molecule has 0 saturated carbocycles. The van der Waals surface area contributed by atoms with Gasteiger partial charge in [0.25, 0.3) is 16.0 Å². The van der Waals surface area contributed by atoms with Crippen LogP contribution in [-0.2, 0) is 19.1 Å². The van der Waals surface area contributed by atoms with Gasteiger partial charge in [0.05, 0.1) is 22.9 Å². The molecule has 3 aromatic rings. The summed E-state index contributed by atoms with van der Waals surface area (Å²) in [5.41, 5.74) is 5.85. The number of aryl methyl sites for hydroxylation is 2. The summed E-state index contributed by atoms with van der Waals surface area (Å²) in [5, 5.41) is 0. The van der Waals surface area contributed by atoms with E-state index in [4.69, 9.17) is 4.18 Å². The lowest BCUT2D eigenvalue weighted by molar-refractivity contribution is -0.114. The van der Waals surface area contributed by atoms with Gasteiger partial charge in [-0.25, -0.2) is 0 Å². The van der Waals surface area contributed by atoms with E-state index in [0.29, 0.717) is 5.57 Å². The van der Waals surface area contributed by atoms with E-state index >= 15 is 0 Å². The second-order valence-electron chi connectivity index (χ2n) is 8.31. The summed E-state index contributed by atoms with van der Waals surface area (Å²) in [4.78, 5) is 15.4. The predicted octanol–water partition coefficient (Wildman–Crippen LogP) is 5.80. The van der Waals surface area contributed by atoms with E-state index in [-0.39, 0.29) is 23.8 Å². The molecule has 6 heteroatoms. The zero-order chi connectivity index (χ0) is 24.3. The number of rotatable bonds is 7. The van der Waals surface area contributed by atoms with Crippen LogP contribution in [0.1, 0.15) is 30.0 Å². The smallest absolute Gasteiger partial charge is 0.277 e. The first-order valence-corrected chi connectivity index (χ1v) is 12.5. The number of carbonyl (C=O) groups excluding carboxylic acids is 1. The van der Waals surface area contributed by atoms with Gasteiger partial charge in [-0.1, -0.05) is 66.2 Å². The van der Waals surface area contributed by atoms with Gasteiger partial charge in [-0.2, -0.15) is 8.42 Å². The molecule has 0 N–H and O–H groups in total. The first kappa shape index (κ1) is 23.7. The Labute approximate surface area is 201 Å². The predicted molar refractivity (Wildman–Crippen MR) is 135 cm³/mol. The number of anilines is 1. The third-order valence-electron chi connectivity index (χ3n) is 5.90. The fourth-order valence-electron chi connectivity index (χ4n) is 3.98. The van der Waals surface area contributed by atoms with Crippen molar-refractivity contribution in [2.24, 2.45) is 0 Å². The molecule has 4 rings (SSSR count). The Morgan fingerprint density at radius 1 is 0.853 bits per heavy atom. The fourth-order valence-corrected chi connectivity index (χ4v) is 4.89. The van der Waals surface area contributed by atoms with E-state index in [1.807, 2.05) is 81.4 Å². The molecule has 1 amide bonds. The lowest BCUT2D eigenvalue weighted by atomic mass is 10.1. The second-order valence-corrected chi connectivity index (χ2v) is 9.93. The number of benzene rings is 3. The van der Waals surface area contributed by atoms with Crippen molar-refractivity contribution in [3.05, 3.63) is 112 Å². The molecule has 0 saturated heterocycles. The molecule has 174 valence electrons. The van der Waals surface area contributed by atoms with Crippen molar-refractivity contribution in [1.82, 2.24) is 0 Å². The van der Waals surface area contributed by atoms with Crippen LogP contribution >= 0.6 is 0 Å². The van der Waals surface area contributed by atoms with Gasteiger partial charge in [0.15, 0.2) is 0 Å². The lowest BCUT2D eigenvalue weighted by Crippen LogP contribution is -2.26. The maximum Gasteiger partial charge on any atom is 0.296 e. The highest BCUT2D eigenvalue weighted by Crippen LogP contribution is 2.38. The molecule has 0 spiro atoms. The van der Waals surface area contributed by atoms with Crippen LogP contribution in [0.5, 0.6) is 0 Å². The summed E-state index contributed by atoms with van der Waals surface area (Å²) in [6.07, 6.45) is 2.17. The quantitative estimate of drug-likeness (QED) is 0.407. The largest absolute Gasteiger partial charge is 0.296 e. The van der Waals surface area contributed by atoms with Crippen molar-refractivity contribution in [1.29, 1.82) is 0 Å². The average molecular weight is 474 g/mol. The van der Waals surface area contributed by atoms with Crippen LogP contribution in [0.25, 0.3) is 6.08 Å². The van der Waals surface area contributed by atoms with Gasteiger partial charge in [-0.15, -0.1) is 0 Å². The maximum atomic E-state index is 13.6. The standard InChI is InChI=1S/C28H27NO4S/c1-20-13-15-24(16-14-20)34(31,32)33-18-17-25-22(3)27(19-23-10-5-4-6-11-23)29(28(25)30)26-12-8-7-9-21(26)2/h4-16,19H,17-18H2,1-3H3/b27-19+. The second kappa shape index (κ2) is 9.79. The van der Waals surface area contributed by atoms with Crippen LogP contribution in [0.2, 0.25) is 0 Å². The molecule has 0 fully saturated rings.